The normalized spacial score (nSPS) is 11.6. The largest absolute Gasteiger partial charge is 0.389 e. The molecule has 0 spiro atoms. The Balaban J connectivity index is 0. The van der Waals surface area contributed by atoms with E-state index in [0.29, 0.717) is 6.54 Å². The van der Waals surface area contributed by atoms with Crippen LogP contribution in [0.5, 0.6) is 0 Å². The van der Waals surface area contributed by atoms with Gasteiger partial charge < -0.3 is 5.73 Å². The predicted octanol–water partition coefficient (Wildman–Crippen LogP) is 2.13. The van der Waals surface area contributed by atoms with E-state index >= 15 is 0 Å². The first-order valence-electron chi connectivity index (χ1n) is 4.95. The number of nitrogens with two attached hydrogens (primary N) is 1. The molecule has 0 aliphatic heterocycles. The zero-order valence-corrected chi connectivity index (χ0v) is 10.2. The maximum Gasteiger partial charge on any atom is 0.389 e. The van der Waals surface area contributed by atoms with E-state index in [1.807, 2.05) is 0 Å². The van der Waals surface area contributed by atoms with Crippen LogP contribution in [0.25, 0.3) is 0 Å². The average Bonchev–Trinajstić information content (AvgIpc) is 2.14. The van der Waals surface area contributed by atoms with Gasteiger partial charge in [0.2, 0.25) is 0 Å². The maximum absolute atomic E-state index is 11.5. The lowest BCUT2D eigenvalue weighted by Crippen LogP contribution is -2.07. The van der Waals surface area contributed by atoms with Gasteiger partial charge in [-0.25, -0.2) is 0 Å². The van der Waals surface area contributed by atoms with E-state index in [2.05, 4.69) is 6.58 Å². The van der Waals surface area contributed by atoms with E-state index in [1.54, 1.807) is 6.08 Å². The van der Waals surface area contributed by atoms with E-state index in [-0.39, 0.29) is 19.3 Å². The highest BCUT2D eigenvalue weighted by atomic mass is 32.2. The van der Waals surface area contributed by atoms with Crippen LogP contribution in [-0.4, -0.2) is 31.4 Å². The van der Waals surface area contributed by atoms with E-state index in [9.17, 15) is 21.6 Å². The zero-order chi connectivity index (χ0) is 13.9. The molecule has 0 saturated heterocycles. The summed E-state index contributed by atoms with van der Waals surface area (Å²) in [5.41, 5.74) is 4.91. The fourth-order valence-electron chi connectivity index (χ4n) is 0.787. The van der Waals surface area contributed by atoms with E-state index < -0.39 is 28.5 Å². The maximum atomic E-state index is 11.5. The Hall–Kier alpha value is -0.600. The Morgan fingerprint density at radius 3 is 2.00 bits per heavy atom. The van der Waals surface area contributed by atoms with Gasteiger partial charge in [-0.15, -0.1) is 6.58 Å². The number of hydrogen-bond acceptors (Lipinski definition) is 3. The molecule has 0 aliphatic carbocycles. The van der Waals surface area contributed by atoms with Crippen molar-refractivity contribution in [3.8, 4) is 0 Å². The molecule has 0 unspecified atom stereocenters. The number of alkyl halides is 3. The van der Waals surface area contributed by atoms with E-state index in [0.717, 1.165) is 0 Å². The quantitative estimate of drug-likeness (QED) is 0.443. The lowest BCUT2D eigenvalue weighted by atomic mass is 10.2. The van der Waals surface area contributed by atoms with Crippen molar-refractivity contribution in [2.75, 3.05) is 12.3 Å². The molecule has 0 amide bonds. The summed E-state index contributed by atoms with van der Waals surface area (Å²) in [6, 6.07) is 0. The van der Waals surface area contributed by atoms with Gasteiger partial charge in [-0.05, 0) is 12.8 Å². The highest BCUT2D eigenvalue weighted by molar-refractivity contribution is 7.85. The number of unbranched alkanes of at least 4 members (excludes halogenated alkanes) is 2. The Kier molecular flexibility index (Phi) is 10.4. The van der Waals surface area contributed by atoms with Gasteiger partial charge in [0.25, 0.3) is 10.1 Å². The Labute approximate surface area is 99.4 Å². The second-order valence-electron chi connectivity index (χ2n) is 3.24. The second-order valence-corrected chi connectivity index (χ2v) is 4.81. The molecule has 0 aromatic heterocycles. The van der Waals surface area contributed by atoms with Crippen molar-refractivity contribution in [2.24, 2.45) is 5.73 Å². The molecule has 4 nitrogen and oxygen atoms in total. The van der Waals surface area contributed by atoms with Crippen LogP contribution < -0.4 is 5.73 Å². The molecule has 0 aliphatic rings. The first kappa shape index (κ1) is 18.8. The minimum absolute atomic E-state index is 0.0644. The van der Waals surface area contributed by atoms with Gasteiger partial charge in [-0.1, -0.05) is 12.5 Å². The van der Waals surface area contributed by atoms with Crippen LogP contribution in [0.4, 0.5) is 13.2 Å². The van der Waals surface area contributed by atoms with Crippen molar-refractivity contribution in [1.29, 1.82) is 0 Å². The molecule has 8 heteroatoms. The Morgan fingerprint density at radius 2 is 1.71 bits per heavy atom. The zero-order valence-electron chi connectivity index (χ0n) is 9.41. The fraction of sp³-hybridized carbons (Fsp3) is 0.778. The molecule has 0 fully saturated rings. The van der Waals surface area contributed by atoms with Crippen molar-refractivity contribution in [3.05, 3.63) is 12.7 Å². The summed E-state index contributed by atoms with van der Waals surface area (Å²) in [6.07, 6.45) is -3.32. The molecule has 17 heavy (non-hydrogen) atoms. The molecule has 0 rings (SSSR count). The number of hydrogen-bond donors (Lipinski definition) is 2. The van der Waals surface area contributed by atoms with Gasteiger partial charge in [-0.2, -0.15) is 21.6 Å². The minimum Gasteiger partial charge on any atom is -0.327 e. The fourth-order valence-corrected chi connectivity index (χ4v) is 1.36. The smallest absolute Gasteiger partial charge is 0.327 e. The SMILES string of the molecule is C=CCN.O=S(=O)(O)CCCCCC(F)(F)F. The van der Waals surface area contributed by atoms with Crippen LogP contribution >= 0.6 is 0 Å². The van der Waals surface area contributed by atoms with Crippen LogP contribution in [0.1, 0.15) is 25.7 Å². The summed E-state index contributed by atoms with van der Waals surface area (Å²) < 4.78 is 63.1. The first-order valence-corrected chi connectivity index (χ1v) is 6.56. The summed E-state index contributed by atoms with van der Waals surface area (Å²) in [5.74, 6) is -0.467. The monoisotopic (exact) mass is 277 g/mol. The van der Waals surface area contributed by atoms with Crippen molar-refractivity contribution < 1.29 is 26.1 Å². The summed E-state index contributed by atoms with van der Waals surface area (Å²) in [7, 11) is -4.02. The van der Waals surface area contributed by atoms with Gasteiger partial charge in [0.05, 0.1) is 5.75 Å². The lowest BCUT2D eigenvalue weighted by molar-refractivity contribution is -0.135. The van der Waals surface area contributed by atoms with Crippen molar-refractivity contribution in [1.82, 2.24) is 0 Å². The molecule has 0 radical (unpaired) electrons. The van der Waals surface area contributed by atoms with Gasteiger partial charge in [0.1, 0.15) is 0 Å². The van der Waals surface area contributed by atoms with Gasteiger partial charge in [-0.3, -0.25) is 4.55 Å². The van der Waals surface area contributed by atoms with Crippen LogP contribution in [0.15, 0.2) is 12.7 Å². The van der Waals surface area contributed by atoms with Crippen LogP contribution in [-0.2, 0) is 10.1 Å². The van der Waals surface area contributed by atoms with Crippen molar-refractivity contribution in [3.63, 3.8) is 0 Å². The third kappa shape index (κ3) is 25.6. The van der Waals surface area contributed by atoms with Crippen LogP contribution in [0.2, 0.25) is 0 Å². The Bertz CT molecular complexity index is 288. The molecule has 0 bridgehead atoms. The van der Waals surface area contributed by atoms with E-state index in [1.165, 1.54) is 0 Å². The highest BCUT2D eigenvalue weighted by Crippen LogP contribution is 2.22. The molecule has 0 atom stereocenters. The summed E-state index contributed by atoms with van der Waals surface area (Å²) in [5, 5.41) is 0. The molecule has 0 heterocycles. The molecular weight excluding hydrogens is 259 g/mol. The molecule has 3 N–H and O–H groups in total. The van der Waals surface area contributed by atoms with Crippen molar-refractivity contribution in [2.45, 2.75) is 31.9 Å². The summed E-state index contributed by atoms with van der Waals surface area (Å²) in [6.45, 7) is 3.94. The van der Waals surface area contributed by atoms with Crippen LogP contribution in [0, 0.1) is 0 Å². The highest BCUT2D eigenvalue weighted by Gasteiger charge is 2.25. The summed E-state index contributed by atoms with van der Waals surface area (Å²) in [4.78, 5) is 0. The average molecular weight is 277 g/mol. The predicted molar refractivity (Wildman–Crippen MR) is 60.2 cm³/mol. The molecule has 0 saturated carbocycles. The Morgan fingerprint density at radius 1 is 1.24 bits per heavy atom. The molecule has 0 aromatic rings. The van der Waals surface area contributed by atoms with Gasteiger partial charge in [0.15, 0.2) is 0 Å². The topological polar surface area (TPSA) is 80.4 Å². The third-order valence-electron chi connectivity index (χ3n) is 1.53. The van der Waals surface area contributed by atoms with E-state index in [4.69, 9.17) is 10.3 Å². The van der Waals surface area contributed by atoms with Crippen LogP contribution in [0.3, 0.4) is 0 Å². The first-order chi connectivity index (χ1) is 7.62. The summed E-state index contributed by atoms with van der Waals surface area (Å²) >= 11 is 0. The molecular formula is C9H18F3NO3S. The third-order valence-corrected chi connectivity index (χ3v) is 2.33. The van der Waals surface area contributed by atoms with Gasteiger partial charge >= 0.3 is 6.18 Å². The number of halogens is 3. The standard InChI is InChI=1S/C6H11F3O3S.C3H7N/c7-6(8,9)4-2-1-3-5-13(10,11)12;1-2-3-4/h1-5H2,(H,10,11,12);2H,1,3-4H2. The second kappa shape index (κ2) is 9.43. The minimum atomic E-state index is -4.18. The molecule has 0 aromatic carbocycles. The van der Waals surface area contributed by atoms with Gasteiger partial charge in [0, 0.05) is 13.0 Å². The molecule has 104 valence electrons. The van der Waals surface area contributed by atoms with Crippen molar-refractivity contribution >= 4 is 10.1 Å². The lowest BCUT2D eigenvalue weighted by Gasteiger charge is -2.04. The number of rotatable bonds is 6.